The molecule has 2 aromatic carbocycles. The second kappa shape index (κ2) is 7.53. The average molecular weight is 478 g/mol. The maximum Gasteiger partial charge on any atom is 0.177 e. The summed E-state index contributed by atoms with van der Waals surface area (Å²) in [4.78, 5) is 16.9. The van der Waals surface area contributed by atoms with Gasteiger partial charge >= 0.3 is 0 Å². The fourth-order valence-corrected chi connectivity index (χ4v) is 9.06. The molecule has 2 aliphatic heterocycles. The summed E-state index contributed by atoms with van der Waals surface area (Å²) in [6, 6.07) is 17.5. The van der Waals surface area contributed by atoms with Crippen molar-refractivity contribution in [3.05, 3.63) is 77.2 Å². The van der Waals surface area contributed by atoms with E-state index in [4.69, 9.17) is 0 Å². The maximum absolute atomic E-state index is 14.9. The van der Waals surface area contributed by atoms with Crippen LogP contribution in [0.3, 0.4) is 0 Å². The number of hydrogen-bond donors (Lipinski definition) is 0. The second-order valence-electron chi connectivity index (χ2n) is 11.9. The Labute approximate surface area is 211 Å². The predicted molar refractivity (Wildman–Crippen MR) is 132 cm³/mol. The molecule has 0 amide bonds. The molecule has 4 bridgehead atoms. The molecular weight excluding hydrogens is 449 g/mol. The molecule has 36 heavy (non-hydrogen) atoms. The first-order valence-corrected chi connectivity index (χ1v) is 13.1. The summed E-state index contributed by atoms with van der Waals surface area (Å²) in [6.07, 6.45) is 10.4. The van der Waals surface area contributed by atoms with Gasteiger partial charge in [0.1, 0.15) is 5.82 Å². The molecule has 3 unspecified atom stereocenters. The van der Waals surface area contributed by atoms with E-state index in [9.17, 15) is 19.7 Å². The smallest absolute Gasteiger partial charge is 0.177 e. The number of nitriles is 2. The molecule has 4 nitrogen and oxygen atoms in total. The summed E-state index contributed by atoms with van der Waals surface area (Å²) < 4.78 is 14.0. The second-order valence-corrected chi connectivity index (χ2v) is 11.9. The van der Waals surface area contributed by atoms with Crippen molar-refractivity contribution in [2.45, 2.75) is 56.5 Å². The molecule has 0 spiro atoms. The van der Waals surface area contributed by atoms with Crippen LogP contribution in [-0.4, -0.2) is 16.7 Å². The van der Waals surface area contributed by atoms with E-state index in [0.717, 1.165) is 30.4 Å². The van der Waals surface area contributed by atoms with Crippen molar-refractivity contribution in [1.29, 1.82) is 10.5 Å². The highest BCUT2D eigenvalue weighted by molar-refractivity contribution is 5.92. The van der Waals surface area contributed by atoms with Gasteiger partial charge < -0.3 is 4.90 Å². The van der Waals surface area contributed by atoms with Gasteiger partial charge in [0, 0.05) is 17.5 Å². The average Bonchev–Trinajstić information content (AvgIpc) is 3.19. The molecule has 8 rings (SSSR count). The number of halogens is 1. The van der Waals surface area contributed by atoms with Gasteiger partial charge in [0.2, 0.25) is 0 Å². The van der Waals surface area contributed by atoms with Crippen LogP contribution in [0.15, 0.2) is 54.7 Å². The van der Waals surface area contributed by atoms with Crippen molar-refractivity contribution in [3.63, 3.8) is 0 Å². The maximum atomic E-state index is 14.9. The number of hydrogen-bond acceptors (Lipinski definition) is 4. The van der Waals surface area contributed by atoms with Crippen molar-refractivity contribution in [2.24, 2.45) is 28.6 Å². The Morgan fingerprint density at radius 1 is 0.917 bits per heavy atom. The molecule has 5 fully saturated rings. The molecule has 180 valence electrons. The zero-order valence-electron chi connectivity index (χ0n) is 20.1. The van der Waals surface area contributed by atoms with Crippen molar-refractivity contribution in [3.8, 4) is 12.1 Å². The summed E-state index contributed by atoms with van der Waals surface area (Å²) in [5, 5.41) is 21.4. The number of benzene rings is 2. The number of ketones is 1. The Morgan fingerprint density at radius 2 is 1.53 bits per heavy atom. The Balaban J connectivity index is 1.43. The Morgan fingerprint density at radius 3 is 2.14 bits per heavy atom. The first-order chi connectivity index (χ1) is 17.5. The summed E-state index contributed by atoms with van der Waals surface area (Å²) in [5.41, 5.74) is 0.684. The van der Waals surface area contributed by atoms with Gasteiger partial charge in [0.05, 0.1) is 24.2 Å². The van der Waals surface area contributed by atoms with Crippen LogP contribution in [0.5, 0.6) is 0 Å². The summed E-state index contributed by atoms with van der Waals surface area (Å²) >= 11 is 0. The number of rotatable bonds is 3. The Hall–Kier alpha value is -3.44. The number of nitrogens with zero attached hydrogens (tertiary/aromatic N) is 3. The van der Waals surface area contributed by atoms with Gasteiger partial charge in [0.25, 0.3) is 0 Å². The molecule has 0 radical (unpaired) electrons. The minimum atomic E-state index is -1.48. The van der Waals surface area contributed by atoms with Crippen LogP contribution < -0.4 is 0 Å². The van der Waals surface area contributed by atoms with Crippen molar-refractivity contribution in [2.75, 3.05) is 0 Å². The topological polar surface area (TPSA) is 67.9 Å². The van der Waals surface area contributed by atoms with Gasteiger partial charge in [-0.05, 0) is 91.2 Å². The number of Topliss-reactive ketones (excluding diaryl/α,β-unsaturated/α-hetero) is 1. The predicted octanol–water partition coefficient (Wildman–Crippen LogP) is 6.14. The molecule has 2 aromatic rings. The molecule has 3 atom stereocenters. The quantitative estimate of drug-likeness (QED) is 0.533. The van der Waals surface area contributed by atoms with E-state index < -0.39 is 23.4 Å². The molecular formula is C31H28FN3O. The molecule has 4 aliphatic carbocycles. The third-order valence-corrected chi connectivity index (χ3v) is 10.0. The van der Waals surface area contributed by atoms with E-state index in [-0.39, 0.29) is 17.0 Å². The number of carbonyl (C=O) groups is 1. The van der Waals surface area contributed by atoms with Gasteiger partial charge in [-0.15, -0.1) is 0 Å². The van der Waals surface area contributed by atoms with E-state index in [1.165, 1.54) is 31.4 Å². The molecule has 0 aromatic heterocycles. The third-order valence-electron chi connectivity index (χ3n) is 10.0. The van der Waals surface area contributed by atoms with Crippen LogP contribution in [-0.2, 0) is 4.79 Å². The van der Waals surface area contributed by atoms with E-state index >= 15 is 0 Å². The third kappa shape index (κ3) is 2.81. The van der Waals surface area contributed by atoms with E-state index in [2.05, 4.69) is 12.1 Å². The van der Waals surface area contributed by atoms with E-state index in [1.807, 2.05) is 41.4 Å². The molecule has 6 aliphatic rings. The molecule has 4 saturated carbocycles. The van der Waals surface area contributed by atoms with Gasteiger partial charge in [-0.3, -0.25) is 4.79 Å². The van der Waals surface area contributed by atoms with Crippen molar-refractivity contribution < 1.29 is 9.18 Å². The van der Waals surface area contributed by atoms with E-state index in [1.54, 1.807) is 12.1 Å². The minimum absolute atomic E-state index is 0.192. The SMILES string of the molecule is N#CC1(C#N)C(c2ccc(F)cc2)C(C(=O)C23CC4CC(CC(C4)C2)C3)N2C=Cc3ccccc3C21. The fourth-order valence-electron chi connectivity index (χ4n) is 9.06. The number of carbonyl (C=O) groups excluding carboxylic acids is 1. The summed E-state index contributed by atoms with van der Waals surface area (Å²) in [5.74, 6) is 0.970. The highest BCUT2D eigenvalue weighted by atomic mass is 19.1. The first-order valence-electron chi connectivity index (χ1n) is 13.1. The number of fused-ring (bicyclic) bond motifs is 3. The van der Waals surface area contributed by atoms with Gasteiger partial charge in [-0.2, -0.15) is 10.5 Å². The van der Waals surface area contributed by atoms with E-state index in [0.29, 0.717) is 23.3 Å². The minimum Gasteiger partial charge on any atom is -0.357 e. The lowest BCUT2D eigenvalue weighted by atomic mass is 9.47. The first kappa shape index (κ1) is 21.8. The van der Waals surface area contributed by atoms with Gasteiger partial charge in [-0.1, -0.05) is 36.4 Å². The Kier molecular flexibility index (Phi) is 4.56. The summed E-state index contributed by atoms with van der Waals surface area (Å²) in [6.45, 7) is 0. The lowest BCUT2D eigenvalue weighted by molar-refractivity contribution is -0.148. The molecule has 0 N–H and O–H groups in total. The highest BCUT2D eigenvalue weighted by Crippen LogP contribution is 2.65. The van der Waals surface area contributed by atoms with Crippen LogP contribution >= 0.6 is 0 Å². The van der Waals surface area contributed by atoms with Crippen LogP contribution in [0.4, 0.5) is 4.39 Å². The molecule has 2 heterocycles. The lowest BCUT2D eigenvalue weighted by Gasteiger charge is -2.57. The molecule has 1 saturated heterocycles. The summed E-state index contributed by atoms with van der Waals surface area (Å²) in [7, 11) is 0. The lowest BCUT2D eigenvalue weighted by Crippen LogP contribution is -2.55. The van der Waals surface area contributed by atoms with Crippen LogP contribution in [0.1, 0.15) is 67.2 Å². The molecule has 5 heteroatoms. The fraction of sp³-hybridized carbons (Fsp3) is 0.452. The van der Waals surface area contributed by atoms with Crippen LogP contribution in [0.25, 0.3) is 6.08 Å². The zero-order chi connectivity index (χ0) is 24.7. The van der Waals surface area contributed by atoms with Crippen LogP contribution in [0.2, 0.25) is 0 Å². The van der Waals surface area contributed by atoms with Crippen LogP contribution in [0, 0.1) is 57.1 Å². The largest absolute Gasteiger partial charge is 0.357 e. The van der Waals surface area contributed by atoms with Crippen molar-refractivity contribution in [1.82, 2.24) is 4.90 Å². The highest BCUT2D eigenvalue weighted by Gasteiger charge is 2.67. The standard InChI is InChI=1S/C31H28FN3O/c32-24-7-5-23(6-8-24)26-27(29(36)30-14-19-11-20(15-30)13-21(12-19)16-30)35-10-9-22-3-1-2-4-25(22)28(35)31(26,17-33)18-34/h1-10,19-21,26-28H,11-16H2. The monoisotopic (exact) mass is 477 g/mol. The van der Waals surface area contributed by atoms with Gasteiger partial charge in [0.15, 0.2) is 11.2 Å². The van der Waals surface area contributed by atoms with Gasteiger partial charge in [-0.25, -0.2) is 4.39 Å². The van der Waals surface area contributed by atoms with Crippen molar-refractivity contribution >= 4 is 11.9 Å². The zero-order valence-corrected chi connectivity index (χ0v) is 20.1. The normalized spacial score (nSPS) is 36.6. The Bertz CT molecular complexity index is 1310.